The molecule has 0 fully saturated rings. The van der Waals surface area contributed by atoms with Gasteiger partial charge in [-0.25, -0.2) is 4.39 Å². The van der Waals surface area contributed by atoms with Crippen LogP contribution in [-0.4, -0.2) is 27.9 Å². The summed E-state index contributed by atoms with van der Waals surface area (Å²) in [6.45, 7) is 1.73. The van der Waals surface area contributed by atoms with Crippen molar-refractivity contribution in [3.05, 3.63) is 113 Å². The van der Waals surface area contributed by atoms with Crippen LogP contribution in [0.2, 0.25) is 0 Å². The normalized spacial score (nSPS) is 11.3. The zero-order valence-corrected chi connectivity index (χ0v) is 19.6. The highest BCUT2D eigenvalue weighted by Gasteiger charge is 2.33. The molecule has 0 aliphatic rings. The summed E-state index contributed by atoms with van der Waals surface area (Å²) in [4.78, 5) is 34.1. The average molecular weight is 508 g/mol. The van der Waals surface area contributed by atoms with Gasteiger partial charge in [-0.15, -0.1) is 13.2 Å². The van der Waals surface area contributed by atoms with Crippen molar-refractivity contribution in [1.29, 1.82) is 0 Å². The Labute approximate surface area is 209 Å². The number of aromatic nitrogens is 2. The first kappa shape index (κ1) is 25.7. The number of ketones is 2. The molecule has 0 amide bonds. The van der Waals surface area contributed by atoms with Crippen molar-refractivity contribution < 1.29 is 31.9 Å². The summed E-state index contributed by atoms with van der Waals surface area (Å²) in [6.07, 6.45) is -0.879. The number of hydrogen-bond acceptors (Lipinski definition) is 5. The van der Waals surface area contributed by atoms with Gasteiger partial charge in [0.2, 0.25) is 0 Å². The topological polar surface area (TPSA) is 69.2 Å². The fraction of sp³-hybridized carbons (Fsp3) is 0.143. The number of nitrogens with zero attached hydrogens (tertiary/aromatic N) is 2. The van der Waals surface area contributed by atoms with Crippen molar-refractivity contribution in [2.45, 2.75) is 26.1 Å². The summed E-state index contributed by atoms with van der Waals surface area (Å²) < 4.78 is 56.9. The minimum atomic E-state index is -5.02. The van der Waals surface area contributed by atoms with Crippen molar-refractivity contribution in [3.8, 4) is 17.0 Å². The number of hydrogen-bond donors (Lipinski definition) is 0. The molecule has 0 radical (unpaired) electrons. The number of halogens is 4. The third-order valence-electron chi connectivity index (χ3n) is 5.65. The highest BCUT2D eigenvalue weighted by atomic mass is 19.4. The molecule has 5 nitrogen and oxygen atoms in total. The summed E-state index contributed by atoms with van der Waals surface area (Å²) in [5.41, 5.74) is 2.20. The van der Waals surface area contributed by atoms with Gasteiger partial charge in [0, 0.05) is 42.6 Å². The van der Waals surface area contributed by atoms with E-state index in [0.717, 1.165) is 12.1 Å². The summed E-state index contributed by atoms with van der Waals surface area (Å²) in [5, 5.41) is 0. The van der Waals surface area contributed by atoms with Crippen LogP contribution in [0.1, 0.15) is 37.4 Å². The molecule has 0 aliphatic carbocycles. The number of ether oxygens (including phenoxy) is 1. The van der Waals surface area contributed by atoms with E-state index in [2.05, 4.69) is 14.7 Å². The number of pyridine rings is 2. The first-order valence-corrected chi connectivity index (χ1v) is 11.2. The molecule has 0 unspecified atom stereocenters. The molecule has 4 aromatic rings. The molecule has 2 heterocycles. The SMILES string of the molecule is Cc1cnccc1CC(=O)c1cc(C(=O)Cc2ccc(-c3ccccc3F)nc2)ccc1OC(F)(F)F. The van der Waals surface area contributed by atoms with Gasteiger partial charge in [-0.2, -0.15) is 0 Å². The molecular weight excluding hydrogens is 488 g/mol. The number of Topliss-reactive ketones (excluding diaryl/α,β-unsaturated/α-hetero) is 2. The van der Waals surface area contributed by atoms with Crippen molar-refractivity contribution in [2.24, 2.45) is 0 Å². The lowest BCUT2D eigenvalue weighted by Gasteiger charge is -2.14. The maximum atomic E-state index is 14.0. The molecule has 37 heavy (non-hydrogen) atoms. The highest BCUT2D eigenvalue weighted by molar-refractivity contribution is 6.04. The predicted octanol–water partition coefficient (Wildman–Crippen LogP) is 6.34. The molecule has 2 aromatic heterocycles. The second kappa shape index (κ2) is 10.7. The van der Waals surface area contributed by atoms with E-state index in [1.807, 2.05) is 0 Å². The zero-order chi connectivity index (χ0) is 26.6. The molecule has 4 rings (SSSR count). The van der Waals surface area contributed by atoms with Crippen LogP contribution in [-0.2, 0) is 12.8 Å². The number of alkyl halides is 3. The molecule has 0 saturated heterocycles. The average Bonchev–Trinajstić information content (AvgIpc) is 2.85. The fourth-order valence-corrected chi connectivity index (χ4v) is 3.75. The molecular formula is C28H20F4N2O3. The van der Waals surface area contributed by atoms with E-state index in [0.29, 0.717) is 27.9 Å². The van der Waals surface area contributed by atoms with Crippen LogP contribution in [0.5, 0.6) is 5.75 Å². The lowest BCUT2D eigenvalue weighted by Crippen LogP contribution is -2.20. The van der Waals surface area contributed by atoms with Crippen LogP contribution >= 0.6 is 0 Å². The maximum absolute atomic E-state index is 14.0. The Morgan fingerprint density at radius 2 is 1.70 bits per heavy atom. The predicted molar refractivity (Wildman–Crippen MR) is 128 cm³/mol. The minimum Gasteiger partial charge on any atom is -0.405 e. The van der Waals surface area contributed by atoms with E-state index in [1.165, 1.54) is 24.5 Å². The van der Waals surface area contributed by atoms with E-state index in [1.54, 1.807) is 49.5 Å². The number of carbonyl (C=O) groups is 2. The molecule has 0 bridgehead atoms. The van der Waals surface area contributed by atoms with E-state index in [4.69, 9.17) is 0 Å². The molecule has 0 aliphatic heterocycles. The quantitative estimate of drug-likeness (QED) is 0.205. The molecule has 9 heteroatoms. The van der Waals surface area contributed by atoms with Gasteiger partial charge >= 0.3 is 6.36 Å². The van der Waals surface area contributed by atoms with Gasteiger partial charge in [0.25, 0.3) is 0 Å². The molecule has 0 saturated carbocycles. The standard InChI is InChI=1S/C28H20F4N2O3/c1-17-15-33-11-10-19(17)14-26(36)22-13-20(7-9-27(22)37-28(30,31)32)25(35)12-18-6-8-24(34-16-18)21-4-2-3-5-23(21)29/h2-11,13,15-16H,12,14H2,1H3. The Hall–Kier alpha value is -4.40. The van der Waals surface area contributed by atoms with Crippen LogP contribution in [0.15, 0.2) is 79.3 Å². The largest absolute Gasteiger partial charge is 0.573 e. The second-order valence-electron chi connectivity index (χ2n) is 8.29. The monoisotopic (exact) mass is 508 g/mol. The van der Waals surface area contributed by atoms with Gasteiger partial charge in [0.1, 0.15) is 11.6 Å². The van der Waals surface area contributed by atoms with Crippen LogP contribution < -0.4 is 4.74 Å². The molecule has 0 spiro atoms. The van der Waals surface area contributed by atoms with Crippen molar-refractivity contribution in [1.82, 2.24) is 9.97 Å². The van der Waals surface area contributed by atoms with Crippen LogP contribution in [0.25, 0.3) is 11.3 Å². The third-order valence-corrected chi connectivity index (χ3v) is 5.65. The van der Waals surface area contributed by atoms with Crippen LogP contribution in [0.3, 0.4) is 0 Å². The second-order valence-corrected chi connectivity index (χ2v) is 8.29. The Morgan fingerprint density at radius 3 is 2.38 bits per heavy atom. The number of benzene rings is 2. The van der Waals surface area contributed by atoms with Gasteiger partial charge in [0.05, 0.1) is 11.3 Å². The first-order valence-electron chi connectivity index (χ1n) is 11.2. The number of rotatable bonds is 8. The molecule has 2 aromatic carbocycles. The molecule has 188 valence electrons. The molecule has 0 atom stereocenters. The smallest absolute Gasteiger partial charge is 0.405 e. The van der Waals surface area contributed by atoms with Crippen LogP contribution in [0, 0.1) is 12.7 Å². The van der Waals surface area contributed by atoms with E-state index in [9.17, 15) is 27.2 Å². The third kappa shape index (κ3) is 6.43. The number of aryl methyl sites for hydroxylation is 1. The van der Waals surface area contributed by atoms with Crippen LogP contribution in [0.4, 0.5) is 17.6 Å². The van der Waals surface area contributed by atoms with Gasteiger partial charge in [-0.3, -0.25) is 19.6 Å². The highest BCUT2D eigenvalue weighted by Crippen LogP contribution is 2.29. The van der Waals surface area contributed by atoms with Gasteiger partial charge < -0.3 is 4.74 Å². The van der Waals surface area contributed by atoms with E-state index in [-0.39, 0.29) is 24.0 Å². The summed E-state index contributed by atoms with van der Waals surface area (Å²) >= 11 is 0. The van der Waals surface area contributed by atoms with E-state index < -0.39 is 29.5 Å². The van der Waals surface area contributed by atoms with Gasteiger partial charge in [0.15, 0.2) is 11.6 Å². The van der Waals surface area contributed by atoms with Crippen molar-refractivity contribution in [2.75, 3.05) is 0 Å². The first-order chi connectivity index (χ1) is 17.6. The Morgan fingerprint density at radius 1 is 0.919 bits per heavy atom. The lowest BCUT2D eigenvalue weighted by atomic mass is 9.96. The van der Waals surface area contributed by atoms with Gasteiger partial charge in [-0.1, -0.05) is 18.2 Å². The lowest BCUT2D eigenvalue weighted by molar-refractivity contribution is -0.274. The van der Waals surface area contributed by atoms with Crippen molar-refractivity contribution in [3.63, 3.8) is 0 Å². The minimum absolute atomic E-state index is 0.0440. The Kier molecular flexibility index (Phi) is 7.42. The zero-order valence-electron chi connectivity index (χ0n) is 19.6. The Balaban J connectivity index is 1.58. The molecule has 0 N–H and O–H groups in total. The summed E-state index contributed by atoms with van der Waals surface area (Å²) in [5.74, 6) is -2.19. The van der Waals surface area contributed by atoms with Gasteiger partial charge in [-0.05, 0) is 66.1 Å². The fourth-order valence-electron chi connectivity index (χ4n) is 3.75. The number of carbonyl (C=O) groups excluding carboxylic acids is 2. The maximum Gasteiger partial charge on any atom is 0.573 e. The Bertz CT molecular complexity index is 1450. The van der Waals surface area contributed by atoms with E-state index >= 15 is 0 Å². The summed E-state index contributed by atoms with van der Waals surface area (Å²) in [6, 6.07) is 14.2. The van der Waals surface area contributed by atoms with Crippen molar-refractivity contribution >= 4 is 11.6 Å². The summed E-state index contributed by atoms with van der Waals surface area (Å²) in [7, 11) is 0.